The number of ketones is 1. The number of hydrogen-bond acceptors (Lipinski definition) is 12. The summed E-state index contributed by atoms with van der Waals surface area (Å²) in [5.74, 6) is -1.47. The molecular formula is C94H104F2N12O6Si2. The molecule has 3 N–H and O–H groups in total. The average molecular weight is 1590 g/mol. The van der Waals surface area contributed by atoms with Crippen LogP contribution in [0.25, 0.3) is 66.9 Å². The van der Waals surface area contributed by atoms with Crippen LogP contribution in [0.3, 0.4) is 0 Å². The molecule has 14 aromatic rings. The number of aryl methyl sites for hydroxylation is 2. The zero-order chi connectivity index (χ0) is 82.9. The number of carbonyl (C=O) groups excluding carboxylic acids is 3. The zero-order valence-electron chi connectivity index (χ0n) is 69.1. The number of aliphatic hydroxyl groups is 1. The van der Waals surface area contributed by atoms with E-state index >= 15 is 0 Å². The molecule has 0 aliphatic carbocycles. The molecule has 0 bridgehead atoms. The lowest BCUT2D eigenvalue weighted by Crippen LogP contribution is -2.51. The van der Waals surface area contributed by atoms with Crippen LogP contribution in [0.4, 0.5) is 8.78 Å². The fraction of sp³-hybridized carbons (Fsp3) is 0.309. The SMILES string of the molecule is CC(=O)CCn1nc(-c2cnc3c(n2)c(C(=O)NC(C)(C)CO[Si](C)(C)C(C)(C)C)cn3C(c2ccccc2)(c2ccccc2)c2ccccc2)c2ccc(F)cc21.CC(O)CCn1nc(-c2cnc3c(n2)c(C(=O)NC(C)(C)CO[Si](C)(C)C(C)(C)C)cn3C(c2ccccc2)(c2ccccc2)c2ccccc2)c2ccc(F)cc21. The summed E-state index contributed by atoms with van der Waals surface area (Å²) in [6, 6.07) is 70.3. The first kappa shape index (κ1) is 82.7. The van der Waals surface area contributed by atoms with Crippen molar-refractivity contribution < 1.29 is 37.1 Å². The van der Waals surface area contributed by atoms with Gasteiger partial charge >= 0.3 is 0 Å². The van der Waals surface area contributed by atoms with Crippen molar-refractivity contribution in [1.82, 2.24) is 59.3 Å². The van der Waals surface area contributed by atoms with Crippen LogP contribution < -0.4 is 10.6 Å². The molecule has 22 heteroatoms. The summed E-state index contributed by atoms with van der Waals surface area (Å²) in [5, 5.41) is 27.7. The van der Waals surface area contributed by atoms with Crippen LogP contribution in [-0.2, 0) is 37.8 Å². The van der Waals surface area contributed by atoms with E-state index in [1.807, 2.05) is 149 Å². The highest BCUT2D eigenvalue weighted by molar-refractivity contribution is 6.74. The number of nitrogens with zero attached hydrogens (tertiary/aromatic N) is 10. The largest absolute Gasteiger partial charge is 0.414 e. The van der Waals surface area contributed by atoms with Gasteiger partial charge in [-0.2, -0.15) is 10.2 Å². The van der Waals surface area contributed by atoms with Gasteiger partial charge in [-0.25, -0.2) is 28.7 Å². The van der Waals surface area contributed by atoms with Crippen LogP contribution in [0.15, 0.2) is 243 Å². The predicted octanol–water partition coefficient (Wildman–Crippen LogP) is 19.7. The van der Waals surface area contributed by atoms with E-state index in [1.54, 1.807) is 40.8 Å². The third-order valence-electron chi connectivity index (χ3n) is 22.8. The van der Waals surface area contributed by atoms with Gasteiger partial charge in [-0.15, -0.1) is 0 Å². The summed E-state index contributed by atoms with van der Waals surface area (Å²) < 4.78 is 50.0. The number of nitrogens with one attached hydrogen (secondary N) is 2. The summed E-state index contributed by atoms with van der Waals surface area (Å²) in [6.45, 7) is 34.4. The number of hydrogen-bond donors (Lipinski definition) is 3. The van der Waals surface area contributed by atoms with Crippen LogP contribution in [0, 0.1) is 11.6 Å². The number of amides is 2. The molecule has 14 rings (SSSR count). The first-order chi connectivity index (χ1) is 55.0. The standard InChI is InChI=1S/C47H53FN6O3Si.C47H51FN6O3Si/c2*1-32(55)26-27-54-40-28-36(48)24-25-37(40)41(52-54)39-29-49-43-42(50-39)38(44(56)51-46(5,6)31-57-58(7,8)45(2,3)4)30-53(43)47(33-18-12-9-13-19-33,34-20-14-10-15-21-34)35-22-16-11-17-23-35/h9-25,28-30,32,55H,26-27,31H2,1-8H3,(H,51,56);9-25,28-30H,26-27,31H2,1-8H3,(H,51,56). The van der Waals surface area contributed by atoms with Gasteiger partial charge in [0.1, 0.15) is 62.3 Å². The predicted molar refractivity (Wildman–Crippen MR) is 463 cm³/mol. The summed E-state index contributed by atoms with van der Waals surface area (Å²) >= 11 is 0. The quantitative estimate of drug-likeness (QED) is 0.0341. The Labute approximate surface area is 679 Å². The van der Waals surface area contributed by atoms with Crippen LogP contribution in [-0.4, -0.2) is 118 Å². The number of halogens is 2. The molecule has 0 fully saturated rings. The first-order valence-electron chi connectivity index (χ1n) is 39.6. The van der Waals surface area contributed by atoms with Crippen LogP contribution in [0.5, 0.6) is 0 Å². The highest BCUT2D eigenvalue weighted by Gasteiger charge is 2.45. The third kappa shape index (κ3) is 16.6. The molecule has 1 unspecified atom stereocenters. The van der Waals surface area contributed by atoms with Gasteiger partial charge < -0.3 is 33.7 Å². The monoisotopic (exact) mass is 1590 g/mol. The third-order valence-corrected chi connectivity index (χ3v) is 31.8. The van der Waals surface area contributed by atoms with E-state index in [0.717, 1.165) is 33.4 Å². The van der Waals surface area contributed by atoms with E-state index in [4.69, 9.17) is 39.0 Å². The van der Waals surface area contributed by atoms with Gasteiger partial charge in [0.2, 0.25) is 0 Å². The maximum Gasteiger partial charge on any atom is 0.255 e. The van der Waals surface area contributed by atoms with E-state index < -0.39 is 56.5 Å². The molecule has 18 nitrogen and oxygen atoms in total. The molecule has 6 aromatic heterocycles. The summed E-state index contributed by atoms with van der Waals surface area (Å²) in [4.78, 5) is 62.4. The maximum atomic E-state index is 14.9. The second-order valence-electron chi connectivity index (χ2n) is 34.6. The summed E-state index contributed by atoms with van der Waals surface area (Å²) in [5.41, 5.74) is 7.64. The number of Topliss-reactive ketones (excluding diaryl/α,β-unsaturated/α-hetero) is 1. The maximum absolute atomic E-state index is 14.9. The van der Waals surface area contributed by atoms with Crippen LogP contribution in [0.2, 0.25) is 36.3 Å². The van der Waals surface area contributed by atoms with Gasteiger partial charge in [-0.3, -0.25) is 23.7 Å². The normalized spacial score (nSPS) is 13.0. The Bertz CT molecular complexity index is 5670. The van der Waals surface area contributed by atoms with Crippen molar-refractivity contribution in [3.05, 3.63) is 299 Å². The lowest BCUT2D eigenvalue weighted by atomic mass is 9.76. The Morgan fingerprint density at radius 1 is 0.466 bits per heavy atom. The minimum Gasteiger partial charge on any atom is -0.414 e. The van der Waals surface area contributed by atoms with E-state index in [-0.39, 0.29) is 40.6 Å². The van der Waals surface area contributed by atoms with E-state index in [9.17, 15) is 28.3 Å². The number of aromatic nitrogens is 10. The van der Waals surface area contributed by atoms with Crippen molar-refractivity contribution >= 4 is 78.4 Å². The molecular weight excluding hydrogens is 1490 g/mol. The van der Waals surface area contributed by atoms with Gasteiger partial charge in [0.15, 0.2) is 27.9 Å². The minimum absolute atomic E-state index is 0.00140. The fourth-order valence-corrected chi connectivity index (χ4v) is 16.8. The smallest absolute Gasteiger partial charge is 0.255 e. The molecule has 6 heterocycles. The number of carbonyl (C=O) groups is 3. The molecule has 0 aliphatic heterocycles. The van der Waals surface area contributed by atoms with Gasteiger partial charge in [0, 0.05) is 42.7 Å². The zero-order valence-corrected chi connectivity index (χ0v) is 71.1. The Morgan fingerprint density at radius 2 is 0.776 bits per heavy atom. The molecule has 0 radical (unpaired) electrons. The van der Waals surface area contributed by atoms with Gasteiger partial charge in [-0.05, 0) is 154 Å². The molecule has 0 aliphatic rings. The second-order valence-corrected chi connectivity index (χ2v) is 44.2. The van der Waals surface area contributed by atoms with Crippen LogP contribution in [0.1, 0.15) is 150 Å². The molecule has 598 valence electrons. The minimum atomic E-state index is -2.13. The Hall–Kier alpha value is -11.3. The molecule has 0 saturated carbocycles. The van der Waals surface area contributed by atoms with Gasteiger partial charge in [0.05, 0.1) is 64.9 Å². The van der Waals surface area contributed by atoms with Crippen molar-refractivity contribution in [3.63, 3.8) is 0 Å². The Morgan fingerprint density at radius 3 is 1.07 bits per heavy atom. The molecule has 0 saturated heterocycles. The van der Waals surface area contributed by atoms with Crippen molar-refractivity contribution in [2.24, 2.45) is 0 Å². The van der Waals surface area contributed by atoms with E-state index in [0.29, 0.717) is 104 Å². The van der Waals surface area contributed by atoms with Crippen LogP contribution >= 0.6 is 0 Å². The molecule has 8 aromatic carbocycles. The molecule has 2 amide bonds. The van der Waals surface area contributed by atoms with Crippen molar-refractivity contribution in [1.29, 1.82) is 0 Å². The highest BCUT2D eigenvalue weighted by Crippen LogP contribution is 2.47. The number of fused-ring (bicyclic) bond motifs is 4. The van der Waals surface area contributed by atoms with Gasteiger partial charge in [0.25, 0.3) is 11.8 Å². The number of rotatable bonds is 26. The highest BCUT2D eigenvalue weighted by atomic mass is 28.4. The lowest BCUT2D eigenvalue weighted by Gasteiger charge is -2.39. The lowest BCUT2D eigenvalue weighted by molar-refractivity contribution is -0.117. The average Bonchev–Trinajstić information content (AvgIpc) is 1.50. The summed E-state index contributed by atoms with van der Waals surface area (Å²) in [7, 11) is -4.26. The van der Waals surface area contributed by atoms with E-state index in [1.165, 1.54) is 31.2 Å². The number of aliphatic hydroxyl groups excluding tert-OH is 1. The Kier molecular flexibility index (Phi) is 23.4. The molecule has 1 atom stereocenters. The van der Waals surface area contributed by atoms with Crippen molar-refractivity contribution in [2.45, 2.75) is 174 Å². The molecule has 0 spiro atoms. The topological polar surface area (TPSA) is 211 Å². The second kappa shape index (κ2) is 32.8. The first-order valence-corrected chi connectivity index (χ1v) is 45.4. The Balaban J connectivity index is 0.000000202. The molecule has 116 heavy (non-hydrogen) atoms. The summed E-state index contributed by atoms with van der Waals surface area (Å²) in [6.07, 6.45) is 7.16. The van der Waals surface area contributed by atoms with Crippen molar-refractivity contribution in [3.8, 4) is 22.8 Å². The number of benzene rings is 8. The fourth-order valence-electron chi connectivity index (χ4n) is 14.5. The van der Waals surface area contributed by atoms with Crippen molar-refractivity contribution in [2.75, 3.05) is 13.2 Å². The van der Waals surface area contributed by atoms with E-state index in [2.05, 4.69) is 160 Å². The van der Waals surface area contributed by atoms with Gasteiger partial charge in [-0.1, -0.05) is 224 Å².